The van der Waals surface area contributed by atoms with Gasteiger partial charge in [-0.3, -0.25) is 0 Å². The summed E-state index contributed by atoms with van der Waals surface area (Å²) in [5.41, 5.74) is 1.31. The Kier molecular flexibility index (Phi) is 5.15. The molecule has 2 aromatic rings. The highest BCUT2D eigenvalue weighted by atomic mass is 35.5. The minimum Gasteiger partial charge on any atom is -0.456 e. The van der Waals surface area contributed by atoms with E-state index in [9.17, 15) is 0 Å². The molecule has 0 aliphatic rings. The van der Waals surface area contributed by atoms with Crippen LogP contribution in [0.4, 0.5) is 0 Å². The molecule has 0 aromatic heterocycles. The van der Waals surface area contributed by atoms with Gasteiger partial charge in [-0.05, 0) is 56.7 Å². The predicted molar refractivity (Wildman–Crippen MR) is 89.6 cm³/mol. The van der Waals surface area contributed by atoms with Crippen LogP contribution >= 0.6 is 23.2 Å². The summed E-state index contributed by atoms with van der Waals surface area (Å²) < 4.78 is 5.75. The van der Waals surface area contributed by atoms with Crippen molar-refractivity contribution < 1.29 is 4.74 Å². The van der Waals surface area contributed by atoms with Gasteiger partial charge in [0.25, 0.3) is 0 Å². The van der Waals surface area contributed by atoms with Gasteiger partial charge in [0.15, 0.2) is 0 Å². The fourth-order valence-corrected chi connectivity index (χ4v) is 2.17. The van der Waals surface area contributed by atoms with Crippen LogP contribution in [0.25, 0.3) is 0 Å². The number of nitrogens with one attached hydrogen (secondary N) is 1. The van der Waals surface area contributed by atoms with Gasteiger partial charge in [-0.2, -0.15) is 0 Å². The Morgan fingerprint density at radius 1 is 1.00 bits per heavy atom. The third-order valence-electron chi connectivity index (χ3n) is 2.87. The lowest BCUT2D eigenvalue weighted by atomic mass is 10.1. The maximum atomic E-state index is 6.09. The van der Waals surface area contributed by atoms with Crippen LogP contribution in [-0.2, 0) is 6.54 Å². The van der Waals surface area contributed by atoms with E-state index in [1.807, 2.05) is 24.3 Å². The zero-order valence-corrected chi connectivity index (χ0v) is 13.9. The summed E-state index contributed by atoms with van der Waals surface area (Å²) in [4.78, 5) is 0. The van der Waals surface area contributed by atoms with Gasteiger partial charge in [0.2, 0.25) is 0 Å². The normalized spacial score (nSPS) is 11.5. The van der Waals surface area contributed by atoms with E-state index in [0.29, 0.717) is 15.8 Å². The third kappa shape index (κ3) is 5.24. The number of hydrogen-bond donors (Lipinski definition) is 1. The van der Waals surface area contributed by atoms with E-state index in [-0.39, 0.29) is 5.54 Å². The minimum atomic E-state index is 0.103. The molecule has 0 amide bonds. The molecular weight excluding hydrogens is 305 g/mol. The number of rotatable bonds is 4. The minimum absolute atomic E-state index is 0.103. The number of halogens is 2. The lowest BCUT2D eigenvalue weighted by Crippen LogP contribution is -2.34. The lowest BCUT2D eigenvalue weighted by Gasteiger charge is -2.20. The largest absolute Gasteiger partial charge is 0.456 e. The summed E-state index contributed by atoms with van der Waals surface area (Å²) in [6, 6.07) is 13.1. The quantitative estimate of drug-likeness (QED) is 0.782. The summed E-state index contributed by atoms with van der Waals surface area (Å²) >= 11 is 12.0. The molecule has 0 bridgehead atoms. The van der Waals surface area contributed by atoms with Crippen molar-refractivity contribution in [3.63, 3.8) is 0 Å². The molecule has 0 spiro atoms. The molecule has 4 heteroatoms. The van der Waals surface area contributed by atoms with Gasteiger partial charge < -0.3 is 10.1 Å². The molecule has 0 fully saturated rings. The van der Waals surface area contributed by atoms with Gasteiger partial charge >= 0.3 is 0 Å². The van der Waals surface area contributed by atoms with Crippen LogP contribution in [0.2, 0.25) is 10.0 Å². The van der Waals surface area contributed by atoms with Crippen molar-refractivity contribution in [2.75, 3.05) is 0 Å². The van der Waals surface area contributed by atoms with Crippen molar-refractivity contribution in [3.05, 3.63) is 58.1 Å². The van der Waals surface area contributed by atoms with Crippen LogP contribution in [0.15, 0.2) is 42.5 Å². The van der Waals surface area contributed by atoms with Gasteiger partial charge in [-0.25, -0.2) is 0 Å². The molecule has 0 saturated carbocycles. The van der Waals surface area contributed by atoms with Crippen molar-refractivity contribution in [1.29, 1.82) is 0 Å². The number of ether oxygens (including phenoxy) is 1. The maximum Gasteiger partial charge on any atom is 0.146 e. The van der Waals surface area contributed by atoms with E-state index >= 15 is 0 Å². The van der Waals surface area contributed by atoms with Crippen molar-refractivity contribution in [2.45, 2.75) is 32.9 Å². The second kappa shape index (κ2) is 6.69. The first-order valence-corrected chi connectivity index (χ1v) is 7.56. The van der Waals surface area contributed by atoms with E-state index in [1.165, 1.54) is 5.56 Å². The Hall–Kier alpha value is -1.22. The predicted octanol–water partition coefficient (Wildman–Crippen LogP) is 5.67. The summed E-state index contributed by atoms with van der Waals surface area (Å²) in [6.07, 6.45) is 0. The van der Waals surface area contributed by atoms with Crippen LogP contribution in [0.1, 0.15) is 26.3 Å². The topological polar surface area (TPSA) is 21.3 Å². The first-order chi connectivity index (χ1) is 9.83. The van der Waals surface area contributed by atoms with Gasteiger partial charge in [-0.15, -0.1) is 0 Å². The SMILES string of the molecule is CC(C)(C)NCc1ccc(Oc2ccc(Cl)cc2Cl)cc1. The molecule has 0 saturated heterocycles. The smallest absolute Gasteiger partial charge is 0.146 e. The molecule has 2 nitrogen and oxygen atoms in total. The van der Waals surface area contributed by atoms with Crippen LogP contribution in [0, 0.1) is 0 Å². The van der Waals surface area contributed by atoms with Crippen molar-refractivity contribution in [1.82, 2.24) is 5.32 Å². The number of benzene rings is 2. The van der Waals surface area contributed by atoms with Crippen LogP contribution in [0.5, 0.6) is 11.5 Å². The average molecular weight is 324 g/mol. The highest BCUT2D eigenvalue weighted by Gasteiger charge is 2.08. The van der Waals surface area contributed by atoms with E-state index in [2.05, 4.69) is 26.1 Å². The van der Waals surface area contributed by atoms with Crippen LogP contribution in [0.3, 0.4) is 0 Å². The standard InChI is InChI=1S/C17H19Cl2NO/c1-17(2,3)20-11-12-4-7-14(8-5-12)21-16-9-6-13(18)10-15(16)19/h4-10,20H,11H2,1-3H3. The molecule has 0 radical (unpaired) electrons. The van der Waals surface area contributed by atoms with Crippen LogP contribution < -0.4 is 10.1 Å². The third-order valence-corrected chi connectivity index (χ3v) is 3.40. The van der Waals surface area contributed by atoms with Gasteiger partial charge in [-0.1, -0.05) is 35.3 Å². The fraction of sp³-hybridized carbons (Fsp3) is 0.294. The summed E-state index contributed by atoms with van der Waals surface area (Å²) in [6.45, 7) is 7.26. The highest BCUT2D eigenvalue weighted by molar-refractivity contribution is 6.35. The van der Waals surface area contributed by atoms with Crippen LogP contribution in [-0.4, -0.2) is 5.54 Å². The maximum absolute atomic E-state index is 6.09. The van der Waals surface area contributed by atoms with Gasteiger partial charge in [0.05, 0.1) is 5.02 Å². The second-order valence-corrected chi connectivity index (χ2v) is 6.77. The molecule has 2 rings (SSSR count). The van der Waals surface area contributed by atoms with Crippen molar-refractivity contribution >= 4 is 23.2 Å². The molecule has 0 heterocycles. The Morgan fingerprint density at radius 3 is 2.24 bits per heavy atom. The molecule has 21 heavy (non-hydrogen) atoms. The van der Waals surface area contributed by atoms with E-state index in [0.717, 1.165) is 12.3 Å². The van der Waals surface area contributed by atoms with E-state index in [1.54, 1.807) is 18.2 Å². The van der Waals surface area contributed by atoms with Crippen molar-refractivity contribution in [3.8, 4) is 11.5 Å². The summed E-state index contributed by atoms with van der Waals surface area (Å²) in [7, 11) is 0. The molecule has 0 atom stereocenters. The van der Waals surface area contributed by atoms with Crippen molar-refractivity contribution in [2.24, 2.45) is 0 Å². The molecule has 112 valence electrons. The first-order valence-electron chi connectivity index (χ1n) is 6.80. The average Bonchev–Trinajstić information content (AvgIpc) is 2.40. The summed E-state index contributed by atoms with van der Waals surface area (Å²) in [5.74, 6) is 1.35. The van der Waals surface area contributed by atoms with E-state index < -0.39 is 0 Å². The lowest BCUT2D eigenvalue weighted by molar-refractivity contribution is 0.424. The molecular formula is C17H19Cl2NO. The Labute approximate surface area is 136 Å². The zero-order chi connectivity index (χ0) is 15.5. The molecule has 0 unspecified atom stereocenters. The number of hydrogen-bond acceptors (Lipinski definition) is 2. The monoisotopic (exact) mass is 323 g/mol. The zero-order valence-electron chi connectivity index (χ0n) is 12.4. The first kappa shape index (κ1) is 16.2. The van der Waals surface area contributed by atoms with Gasteiger partial charge in [0.1, 0.15) is 11.5 Å². The fourth-order valence-electron chi connectivity index (χ4n) is 1.73. The molecule has 2 aromatic carbocycles. The highest BCUT2D eigenvalue weighted by Crippen LogP contribution is 2.31. The second-order valence-electron chi connectivity index (χ2n) is 5.92. The molecule has 0 aliphatic heterocycles. The Balaban J connectivity index is 2.02. The Morgan fingerprint density at radius 2 is 1.67 bits per heavy atom. The summed E-state index contributed by atoms with van der Waals surface area (Å²) in [5, 5.41) is 4.54. The molecule has 1 N–H and O–H groups in total. The van der Waals surface area contributed by atoms with Gasteiger partial charge in [0, 0.05) is 17.1 Å². The Bertz CT molecular complexity index is 603. The van der Waals surface area contributed by atoms with E-state index in [4.69, 9.17) is 27.9 Å². The molecule has 0 aliphatic carbocycles.